The van der Waals surface area contributed by atoms with Gasteiger partial charge in [-0.05, 0) is 48.4 Å². The minimum atomic E-state index is -0.980. The van der Waals surface area contributed by atoms with Crippen LogP contribution in [0.4, 0.5) is 10.5 Å². The van der Waals surface area contributed by atoms with E-state index in [1.165, 1.54) is 18.1 Å². The highest BCUT2D eigenvalue weighted by atomic mass is 16.5. The number of carboxylic acids is 1. The molecule has 0 heterocycles. The highest BCUT2D eigenvalue weighted by Gasteiger charge is 2.18. The lowest BCUT2D eigenvalue weighted by Crippen LogP contribution is -2.31. The van der Waals surface area contributed by atoms with Crippen LogP contribution in [0.25, 0.3) is 0 Å². The van der Waals surface area contributed by atoms with Crippen molar-refractivity contribution in [2.75, 3.05) is 26.0 Å². The minimum absolute atomic E-state index is 0.190. The zero-order valence-electron chi connectivity index (χ0n) is 20.4. The van der Waals surface area contributed by atoms with Crippen molar-refractivity contribution >= 4 is 23.6 Å². The quantitative estimate of drug-likeness (QED) is 0.384. The van der Waals surface area contributed by atoms with Gasteiger partial charge in [-0.15, -0.1) is 0 Å². The summed E-state index contributed by atoms with van der Waals surface area (Å²) in [6.45, 7) is 2.64. The van der Waals surface area contributed by atoms with Gasteiger partial charge in [-0.3, -0.25) is 9.59 Å². The Kier molecular flexibility index (Phi) is 8.88. The third kappa shape index (κ3) is 6.99. The normalized spacial score (nSPS) is 10.3. The topological polar surface area (TPSA) is 117 Å². The van der Waals surface area contributed by atoms with Gasteiger partial charge in [0, 0.05) is 25.7 Å². The second kappa shape index (κ2) is 12.3. The zero-order valence-corrected chi connectivity index (χ0v) is 20.4. The number of carbonyl (C=O) groups is 3. The third-order valence-electron chi connectivity index (χ3n) is 5.23. The van der Waals surface area contributed by atoms with E-state index in [1.807, 2.05) is 37.3 Å². The van der Waals surface area contributed by atoms with Crippen LogP contribution in [0.1, 0.15) is 28.4 Å². The lowest BCUT2D eigenvalue weighted by molar-refractivity contribution is -0.136. The van der Waals surface area contributed by atoms with Gasteiger partial charge in [0.1, 0.15) is 0 Å². The van der Waals surface area contributed by atoms with E-state index in [4.69, 9.17) is 14.6 Å². The largest absolute Gasteiger partial charge is 0.493 e. The lowest BCUT2D eigenvalue weighted by atomic mass is 10.1. The molecule has 0 radical (unpaired) electrons. The number of hydrogen-bond acceptors (Lipinski definition) is 5. The van der Waals surface area contributed by atoms with Crippen molar-refractivity contribution in [2.24, 2.45) is 0 Å². The van der Waals surface area contributed by atoms with Crippen molar-refractivity contribution in [3.63, 3.8) is 0 Å². The van der Waals surface area contributed by atoms with Gasteiger partial charge in [-0.2, -0.15) is 0 Å². The standard InChI is InChI=1S/C27H29N3O6/c1-4-28-26(33)20-11-13-22(36-24-14-19(15-25(31)32)10-12-23(24)35-3)21(16-20)29-27(34)30(2)17-18-8-6-5-7-9-18/h5-14,16H,4,15,17H2,1-3H3,(H,28,33)(H,29,34)(H,31,32). The first-order valence-corrected chi connectivity index (χ1v) is 11.4. The van der Waals surface area contributed by atoms with Crippen molar-refractivity contribution in [1.29, 1.82) is 0 Å². The van der Waals surface area contributed by atoms with Crippen molar-refractivity contribution in [2.45, 2.75) is 19.9 Å². The summed E-state index contributed by atoms with van der Waals surface area (Å²) in [5.41, 5.74) is 2.10. The summed E-state index contributed by atoms with van der Waals surface area (Å²) in [7, 11) is 3.13. The maximum atomic E-state index is 13.0. The molecule has 3 rings (SSSR count). The molecule has 0 aliphatic carbocycles. The molecule has 0 atom stereocenters. The molecule has 3 aromatic rings. The van der Waals surface area contributed by atoms with Gasteiger partial charge in [-0.25, -0.2) is 4.79 Å². The summed E-state index contributed by atoms with van der Waals surface area (Å²) in [4.78, 5) is 38.1. The van der Waals surface area contributed by atoms with Crippen LogP contribution in [-0.2, 0) is 17.8 Å². The number of carbonyl (C=O) groups excluding carboxylic acids is 2. The molecule has 3 N–H and O–H groups in total. The van der Waals surface area contributed by atoms with E-state index in [1.54, 1.807) is 37.4 Å². The molecule has 9 heteroatoms. The molecule has 3 aromatic carbocycles. The van der Waals surface area contributed by atoms with E-state index < -0.39 is 12.0 Å². The maximum Gasteiger partial charge on any atom is 0.321 e. The van der Waals surface area contributed by atoms with Crippen molar-refractivity contribution in [3.05, 3.63) is 83.4 Å². The van der Waals surface area contributed by atoms with Crippen LogP contribution in [0.15, 0.2) is 66.7 Å². The first-order valence-electron chi connectivity index (χ1n) is 11.4. The van der Waals surface area contributed by atoms with Crippen LogP contribution in [0, 0.1) is 0 Å². The van der Waals surface area contributed by atoms with E-state index in [0.29, 0.717) is 30.0 Å². The monoisotopic (exact) mass is 491 g/mol. The molecule has 0 aromatic heterocycles. The molecule has 0 saturated carbocycles. The van der Waals surface area contributed by atoms with Gasteiger partial charge in [0.2, 0.25) is 0 Å². The summed E-state index contributed by atoms with van der Waals surface area (Å²) in [6, 6.07) is 18.6. The summed E-state index contributed by atoms with van der Waals surface area (Å²) in [5, 5.41) is 14.7. The summed E-state index contributed by atoms with van der Waals surface area (Å²) in [5.74, 6) is -0.356. The van der Waals surface area contributed by atoms with Gasteiger partial charge in [0.25, 0.3) is 5.91 Å². The van der Waals surface area contributed by atoms with Gasteiger partial charge in [0.05, 0.1) is 19.2 Å². The number of rotatable bonds is 10. The highest BCUT2D eigenvalue weighted by molar-refractivity contribution is 5.98. The van der Waals surface area contributed by atoms with Crippen LogP contribution in [0.2, 0.25) is 0 Å². The lowest BCUT2D eigenvalue weighted by Gasteiger charge is -2.20. The van der Waals surface area contributed by atoms with Gasteiger partial charge >= 0.3 is 12.0 Å². The molecular formula is C27H29N3O6. The predicted molar refractivity (Wildman–Crippen MR) is 136 cm³/mol. The summed E-state index contributed by atoms with van der Waals surface area (Å²) < 4.78 is 11.4. The van der Waals surface area contributed by atoms with E-state index in [0.717, 1.165) is 5.56 Å². The van der Waals surface area contributed by atoms with Crippen molar-refractivity contribution < 1.29 is 29.0 Å². The number of nitrogens with zero attached hydrogens (tertiary/aromatic N) is 1. The van der Waals surface area contributed by atoms with Gasteiger partial charge in [0.15, 0.2) is 17.2 Å². The maximum absolute atomic E-state index is 13.0. The van der Waals surface area contributed by atoms with Crippen LogP contribution in [0.5, 0.6) is 17.2 Å². The van der Waals surface area contributed by atoms with Crippen LogP contribution >= 0.6 is 0 Å². The Morgan fingerprint density at radius 2 is 1.64 bits per heavy atom. The molecule has 3 amide bonds. The number of nitrogens with one attached hydrogen (secondary N) is 2. The Bertz CT molecular complexity index is 1230. The molecule has 0 unspecified atom stereocenters. The summed E-state index contributed by atoms with van der Waals surface area (Å²) in [6.07, 6.45) is -0.190. The number of urea groups is 1. The minimum Gasteiger partial charge on any atom is -0.493 e. The Balaban J connectivity index is 1.92. The van der Waals surface area contributed by atoms with Gasteiger partial charge < -0.3 is 30.1 Å². The number of ether oxygens (including phenoxy) is 2. The second-order valence-corrected chi connectivity index (χ2v) is 8.00. The molecule has 0 saturated heterocycles. The molecule has 36 heavy (non-hydrogen) atoms. The predicted octanol–water partition coefficient (Wildman–Crippen LogP) is 4.53. The van der Waals surface area contributed by atoms with E-state index >= 15 is 0 Å². The summed E-state index contributed by atoms with van der Waals surface area (Å²) >= 11 is 0. The Morgan fingerprint density at radius 1 is 0.917 bits per heavy atom. The first-order chi connectivity index (χ1) is 17.3. The van der Waals surface area contributed by atoms with Gasteiger partial charge in [-0.1, -0.05) is 36.4 Å². The molecule has 0 aliphatic rings. The second-order valence-electron chi connectivity index (χ2n) is 8.00. The average molecular weight is 492 g/mol. The molecule has 0 fully saturated rings. The number of amides is 3. The fourth-order valence-electron chi connectivity index (χ4n) is 3.46. The zero-order chi connectivity index (χ0) is 26.1. The third-order valence-corrected chi connectivity index (χ3v) is 5.23. The molecule has 188 valence electrons. The Hall–Kier alpha value is -4.53. The van der Waals surface area contributed by atoms with E-state index in [2.05, 4.69) is 10.6 Å². The molecule has 0 aliphatic heterocycles. The number of benzene rings is 3. The fraction of sp³-hybridized carbons (Fsp3) is 0.222. The smallest absolute Gasteiger partial charge is 0.321 e. The average Bonchev–Trinajstić information content (AvgIpc) is 2.85. The Morgan fingerprint density at radius 3 is 2.31 bits per heavy atom. The van der Waals surface area contributed by atoms with Crippen LogP contribution in [-0.4, -0.2) is 48.6 Å². The van der Waals surface area contributed by atoms with Crippen LogP contribution in [0.3, 0.4) is 0 Å². The number of hydrogen-bond donors (Lipinski definition) is 3. The molecule has 0 bridgehead atoms. The molecule has 9 nitrogen and oxygen atoms in total. The van der Waals surface area contributed by atoms with Crippen LogP contribution < -0.4 is 20.1 Å². The number of carboxylic acid groups (broad SMARTS) is 1. The number of methoxy groups -OCH3 is 1. The Labute approximate surface area is 209 Å². The number of aliphatic carboxylic acids is 1. The van der Waals surface area contributed by atoms with Crippen molar-refractivity contribution in [3.8, 4) is 17.2 Å². The highest BCUT2D eigenvalue weighted by Crippen LogP contribution is 2.36. The van der Waals surface area contributed by atoms with Crippen molar-refractivity contribution in [1.82, 2.24) is 10.2 Å². The number of anilines is 1. The SMILES string of the molecule is CCNC(=O)c1ccc(Oc2cc(CC(=O)O)ccc2OC)c(NC(=O)N(C)Cc2ccccc2)c1. The molecule has 0 spiro atoms. The van der Waals surface area contributed by atoms with E-state index in [9.17, 15) is 14.4 Å². The molecular weight excluding hydrogens is 462 g/mol. The van der Waals surface area contributed by atoms with E-state index in [-0.39, 0.29) is 29.5 Å². The first kappa shape index (κ1) is 26.1. The fourth-order valence-corrected chi connectivity index (χ4v) is 3.46.